The fourth-order valence-corrected chi connectivity index (χ4v) is 5.51. The summed E-state index contributed by atoms with van der Waals surface area (Å²) in [7, 11) is -3.94. The second kappa shape index (κ2) is 7.44. The molecule has 2 N–H and O–H groups in total. The van der Waals surface area contributed by atoms with Gasteiger partial charge in [0.1, 0.15) is 16.5 Å². The van der Waals surface area contributed by atoms with Crippen molar-refractivity contribution in [3.63, 3.8) is 0 Å². The first-order chi connectivity index (χ1) is 14.9. The number of carbonyl (C=O) groups excluding carboxylic acids is 1. The summed E-state index contributed by atoms with van der Waals surface area (Å²) in [6, 6.07) is 20.4. The Balaban J connectivity index is 1.56. The molecule has 0 radical (unpaired) electrons. The smallest absolute Gasteiger partial charge is 0.266 e. The number of benzene rings is 3. The lowest BCUT2D eigenvalue weighted by molar-refractivity contribution is -0.122. The quantitative estimate of drug-likeness (QED) is 0.473. The maximum absolute atomic E-state index is 13.5. The third-order valence-corrected chi connectivity index (χ3v) is 7.31. The molecule has 1 aliphatic heterocycles. The number of H-pyrrole nitrogens is 1. The summed E-state index contributed by atoms with van der Waals surface area (Å²) in [5.74, 6) is 0.312. The first kappa shape index (κ1) is 19.7. The van der Waals surface area contributed by atoms with E-state index in [-0.39, 0.29) is 15.6 Å². The molecule has 1 aromatic heterocycles. The summed E-state index contributed by atoms with van der Waals surface area (Å²) >= 11 is 6.14. The van der Waals surface area contributed by atoms with Crippen molar-refractivity contribution in [2.24, 2.45) is 0 Å². The standard InChI is InChI=1S/C23H17ClN2O4S/c24-15-10-11-18-17(13-15)21(31(28,29)16-7-2-1-3-8-16)22(25-18)26-23(27)20-12-14-6-4-5-9-19(14)30-20/h1-11,13,20,25H,12H2,(H,26,27). The Hall–Kier alpha value is -3.29. The Labute approximate surface area is 183 Å². The molecule has 2 heterocycles. The summed E-state index contributed by atoms with van der Waals surface area (Å²) < 4.78 is 32.7. The SMILES string of the molecule is O=C(Nc1[nH]c2ccc(Cl)cc2c1S(=O)(=O)c1ccccc1)C1Cc2ccccc2O1. The summed E-state index contributed by atoms with van der Waals surface area (Å²) in [5, 5.41) is 3.53. The number of fused-ring (bicyclic) bond motifs is 2. The minimum atomic E-state index is -3.94. The molecule has 1 aliphatic rings. The van der Waals surface area contributed by atoms with Crippen molar-refractivity contribution < 1.29 is 17.9 Å². The number of amides is 1. The van der Waals surface area contributed by atoms with Gasteiger partial charge in [-0.05, 0) is 42.0 Å². The van der Waals surface area contributed by atoms with Gasteiger partial charge in [-0.3, -0.25) is 4.79 Å². The van der Waals surface area contributed by atoms with Crippen LogP contribution in [0.3, 0.4) is 0 Å². The minimum absolute atomic E-state index is 0.0277. The van der Waals surface area contributed by atoms with Crippen LogP contribution in [-0.4, -0.2) is 25.4 Å². The predicted octanol–water partition coefficient (Wildman–Crippen LogP) is 4.60. The van der Waals surface area contributed by atoms with Crippen molar-refractivity contribution in [3.8, 4) is 5.75 Å². The zero-order chi connectivity index (χ0) is 21.6. The molecule has 6 nitrogen and oxygen atoms in total. The van der Waals surface area contributed by atoms with Gasteiger partial charge in [0.2, 0.25) is 9.84 Å². The molecule has 0 bridgehead atoms. The minimum Gasteiger partial charge on any atom is -0.480 e. The molecule has 1 amide bonds. The molecule has 1 atom stereocenters. The van der Waals surface area contributed by atoms with E-state index in [2.05, 4.69) is 10.3 Å². The van der Waals surface area contributed by atoms with Crippen molar-refractivity contribution in [2.45, 2.75) is 22.3 Å². The number of anilines is 1. The fraction of sp³-hybridized carbons (Fsp3) is 0.0870. The zero-order valence-corrected chi connectivity index (χ0v) is 17.7. The molecule has 156 valence electrons. The summed E-state index contributed by atoms with van der Waals surface area (Å²) in [4.78, 5) is 16.1. The van der Waals surface area contributed by atoms with Gasteiger partial charge >= 0.3 is 0 Å². The van der Waals surface area contributed by atoms with Gasteiger partial charge < -0.3 is 15.0 Å². The molecule has 0 aliphatic carbocycles. The number of nitrogens with one attached hydrogen (secondary N) is 2. The lowest BCUT2D eigenvalue weighted by Crippen LogP contribution is -2.32. The maximum atomic E-state index is 13.5. The molecule has 1 unspecified atom stereocenters. The average molecular weight is 453 g/mol. The van der Waals surface area contributed by atoms with Crippen LogP contribution in [0, 0.1) is 0 Å². The van der Waals surface area contributed by atoms with Crippen LogP contribution in [0.5, 0.6) is 5.75 Å². The first-order valence-corrected chi connectivity index (χ1v) is 11.5. The van der Waals surface area contributed by atoms with E-state index < -0.39 is 21.8 Å². The topological polar surface area (TPSA) is 88.3 Å². The highest BCUT2D eigenvalue weighted by atomic mass is 35.5. The van der Waals surface area contributed by atoms with Crippen molar-refractivity contribution in [1.82, 2.24) is 4.98 Å². The molecule has 0 saturated carbocycles. The van der Waals surface area contributed by atoms with E-state index in [4.69, 9.17) is 16.3 Å². The van der Waals surface area contributed by atoms with E-state index in [1.165, 1.54) is 12.1 Å². The molecular formula is C23H17ClN2O4S. The number of hydrogen-bond donors (Lipinski definition) is 2. The molecule has 5 rings (SSSR count). The van der Waals surface area contributed by atoms with E-state index in [9.17, 15) is 13.2 Å². The zero-order valence-electron chi connectivity index (χ0n) is 16.1. The fourth-order valence-electron chi connectivity index (χ4n) is 3.76. The Morgan fingerprint density at radius 3 is 2.55 bits per heavy atom. The number of sulfone groups is 1. The number of halogens is 1. The van der Waals surface area contributed by atoms with Gasteiger partial charge in [0, 0.05) is 22.3 Å². The molecular weight excluding hydrogens is 436 g/mol. The average Bonchev–Trinajstić information content (AvgIpc) is 3.35. The molecule has 0 saturated heterocycles. The van der Waals surface area contributed by atoms with Gasteiger partial charge in [-0.25, -0.2) is 8.42 Å². The van der Waals surface area contributed by atoms with Gasteiger partial charge in [0.05, 0.1) is 4.90 Å². The van der Waals surface area contributed by atoms with E-state index in [0.29, 0.717) is 28.1 Å². The highest BCUT2D eigenvalue weighted by Gasteiger charge is 2.32. The predicted molar refractivity (Wildman–Crippen MR) is 118 cm³/mol. The van der Waals surface area contributed by atoms with Crippen LogP contribution in [0.2, 0.25) is 5.02 Å². The van der Waals surface area contributed by atoms with E-state index in [0.717, 1.165) is 5.56 Å². The highest BCUT2D eigenvalue weighted by Crippen LogP contribution is 2.37. The van der Waals surface area contributed by atoms with Crippen LogP contribution in [-0.2, 0) is 21.1 Å². The van der Waals surface area contributed by atoms with Crippen molar-refractivity contribution >= 4 is 44.1 Å². The number of carbonyl (C=O) groups is 1. The monoisotopic (exact) mass is 452 g/mol. The number of hydrogen-bond acceptors (Lipinski definition) is 4. The molecule has 31 heavy (non-hydrogen) atoms. The van der Waals surface area contributed by atoms with Crippen LogP contribution in [0.15, 0.2) is 82.6 Å². The van der Waals surface area contributed by atoms with Crippen molar-refractivity contribution in [2.75, 3.05) is 5.32 Å². The second-order valence-electron chi connectivity index (χ2n) is 7.24. The van der Waals surface area contributed by atoms with Crippen LogP contribution in [0.4, 0.5) is 5.82 Å². The Morgan fingerprint density at radius 2 is 1.77 bits per heavy atom. The lowest BCUT2D eigenvalue weighted by Gasteiger charge is -2.12. The van der Waals surface area contributed by atoms with E-state index in [1.807, 2.05) is 18.2 Å². The Kier molecular flexibility index (Phi) is 4.72. The third kappa shape index (κ3) is 3.45. The molecule has 4 aromatic rings. The van der Waals surface area contributed by atoms with Gasteiger partial charge in [0.25, 0.3) is 5.91 Å². The third-order valence-electron chi connectivity index (χ3n) is 5.22. The largest absolute Gasteiger partial charge is 0.480 e. The summed E-state index contributed by atoms with van der Waals surface area (Å²) in [6.45, 7) is 0. The lowest BCUT2D eigenvalue weighted by atomic mass is 10.1. The Morgan fingerprint density at radius 1 is 1.03 bits per heavy atom. The Bertz CT molecular complexity index is 1390. The highest BCUT2D eigenvalue weighted by molar-refractivity contribution is 7.92. The summed E-state index contributed by atoms with van der Waals surface area (Å²) in [5.41, 5.74) is 1.48. The summed E-state index contributed by atoms with van der Waals surface area (Å²) in [6.07, 6.45) is -0.339. The number of aromatic nitrogens is 1. The second-order valence-corrected chi connectivity index (χ2v) is 9.57. The van der Waals surface area contributed by atoms with Crippen LogP contribution in [0.1, 0.15) is 5.56 Å². The van der Waals surface area contributed by atoms with E-state index in [1.54, 1.807) is 42.5 Å². The van der Waals surface area contributed by atoms with Crippen LogP contribution < -0.4 is 10.1 Å². The van der Waals surface area contributed by atoms with Crippen LogP contribution in [0.25, 0.3) is 10.9 Å². The number of aromatic amines is 1. The van der Waals surface area contributed by atoms with Gasteiger partial charge in [-0.15, -0.1) is 0 Å². The van der Waals surface area contributed by atoms with Gasteiger partial charge in [-0.2, -0.15) is 0 Å². The number of ether oxygens (including phenoxy) is 1. The van der Waals surface area contributed by atoms with Crippen LogP contribution >= 0.6 is 11.6 Å². The molecule has 0 fully saturated rings. The number of para-hydroxylation sites is 1. The molecule has 8 heteroatoms. The normalized spacial score (nSPS) is 15.5. The van der Waals surface area contributed by atoms with Gasteiger partial charge in [-0.1, -0.05) is 48.0 Å². The first-order valence-electron chi connectivity index (χ1n) is 9.60. The molecule has 0 spiro atoms. The number of rotatable bonds is 4. The van der Waals surface area contributed by atoms with Gasteiger partial charge in [0.15, 0.2) is 6.10 Å². The van der Waals surface area contributed by atoms with Crippen molar-refractivity contribution in [3.05, 3.63) is 83.4 Å². The van der Waals surface area contributed by atoms with Crippen molar-refractivity contribution in [1.29, 1.82) is 0 Å². The maximum Gasteiger partial charge on any atom is 0.266 e. The van der Waals surface area contributed by atoms with E-state index >= 15 is 0 Å². The molecule has 3 aromatic carbocycles.